The van der Waals surface area contributed by atoms with Crippen LogP contribution in [0.1, 0.15) is 27.9 Å². The van der Waals surface area contributed by atoms with Gasteiger partial charge in [-0.05, 0) is 35.9 Å². The first-order valence-corrected chi connectivity index (χ1v) is 12.2. The van der Waals surface area contributed by atoms with Gasteiger partial charge in [0.25, 0.3) is 5.91 Å². The van der Waals surface area contributed by atoms with Crippen LogP contribution in [-0.2, 0) is 21.6 Å². The Morgan fingerprint density at radius 3 is 2.45 bits per heavy atom. The average molecular weight is 515 g/mol. The fraction of sp³-hybridized carbons (Fsp3) is 0.214. The van der Waals surface area contributed by atoms with Gasteiger partial charge in [-0.15, -0.1) is 0 Å². The molecule has 1 saturated heterocycles. The number of hydrogen-bond donors (Lipinski definition) is 4. The molecule has 0 aliphatic carbocycles. The van der Waals surface area contributed by atoms with Crippen LogP contribution in [0.4, 0.5) is 21.0 Å². The Balaban J connectivity index is 1.36. The number of rotatable bonds is 6. The molecule has 4 N–H and O–H groups in total. The zero-order valence-corrected chi connectivity index (χ0v) is 20.3. The minimum atomic E-state index is -1.21. The minimum Gasteiger partial charge on any atom is -0.465 e. The van der Waals surface area contributed by atoms with Crippen molar-refractivity contribution in [2.24, 2.45) is 0 Å². The number of amides is 4. The highest BCUT2D eigenvalue weighted by molar-refractivity contribution is 5.98. The Kier molecular flexibility index (Phi) is 6.69. The molecule has 1 unspecified atom stereocenters. The van der Waals surface area contributed by atoms with E-state index in [0.717, 1.165) is 11.1 Å². The largest absolute Gasteiger partial charge is 0.465 e. The van der Waals surface area contributed by atoms with Crippen molar-refractivity contribution in [1.29, 1.82) is 0 Å². The summed E-state index contributed by atoms with van der Waals surface area (Å²) in [6, 6.07) is 21.8. The molecule has 3 aromatic rings. The number of hydrogen-bond acceptors (Lipinski definition) is 5. The van der Waals surface area contributed by atoms with E-state index in [2.05, 4.69) is 16.0 Å². The van der Waals surface area contributed by atoms with E-state index in [-0.39, 0.29) is 24.4 Å². The van der Waals surface area contributed by atoms with Crippen LogP contribution in [0.15, 0.2) is 78.9 Å². The van der Waals surface area contributed by atoms with Gasteiger partial charge in [0.15, 0.2) is 5.60 Å². The summed E-state index contributed by atoms with van der Waals surface area (Å²) in [4.78, 5) is 51.7. The Bertz CT molecular complexity index is 1380. The molecule has 10 heteroatoms. The topological polar surface area (TPSA) is 137 Å². The van der Waals surface area contributed by atoms with Crippen LogP contribution in [0.25, 0.3) is 0 Å². The summed E-state index contributed by atoms with van der Waals surface area (Å²) >= 11 is 0. The predicted molar refractivity (Wildman–Crippen MR) is 139 cm³/mol. The van der Waals surface area contributed by atoms with Crippen LogP contribution in [-0.4, -0.2) is 53.1 Å². The number of ether oxygens (including phenoxy) is 1. The van der Waals surface area contributed by atoms with Gasteiger partial charge in [-0.2, -0.15) is 0 Å². The maximum absolute atomic E-state index is 13.8. The van der Waals surface area contributed by atoms with Gasteiger partial charge in [-0.1, -0.05) is 48.5 Å². The summed E-state index contributed by atoms with van der Waals surface area (Å²) < 4.78 is 5.75. The monoisotopic (exact) mass is 514 g/mol. The zero-order chi connectivity index (χ0) is 26.7. The summed E-state index contributed by atoms with van der Waals surface area (Å²) in [5.41, 5.74) is 2.00. The summed E-state index contributed by atoms with van der Waals surface area (Å²) in [5.74, 6) is -0.746. The second-order valence-corrected chi connectivity index (χ2v) is 9.29. The molecule has 2 atom stereocenters. The van der Waals surface area contributed by atoms with E-state index in [1.165, 1.54) is 24.3 Å². The van der Waals surface area contributed by atoms with Crippen molar-refractivity contribution in [3.05, 3.63) is 95.6 Å². The lowest BCUT2D eigenvalue weighted by Crippen LogP contribution is -2.50. The van der Waals surface area contributed by atoms with Gasteiger partial charge in [0.1, 0.15) is 6.04 Å². The first kappa shape index (κ1) is 24.8. The molecular formula is C28H26N4O6. The lowest BCUT2D eigenvalue weighted by Gasteiger charge is -2.35. The van der Waals surface area contributed by atoms with Crippen molar-refractivity contribution in [2.45, 2.75) is 24.5 Å². The second kappa shape index (κ2) is 10.3. The quantitative estimate of drug-likeness (QED) is 0.395. The number of para-hydroxylation sites is 1. The van der Waals surface area contributed by atoms with E-state index >= 15 is 0 Å². The van der Waals surface area contributed by atoms with Crippen molar-refractivity contribution in [1.82, 2.24) is 10.2 Å². The number of nitrogens with one attached hydrogen (secondary N) is 3. The summed E-state index contributed by atoms with van der Waals surface area (Å²) in [6.45, 7) is 0.532. The molecule has 0 bridgehead atoms. The zero-order valence-electron chi connectivity index (χ0n) is 20.3. The van der Waals surface area contributed by atoms with E-state index in [1.54, 1.807) is 11.0 Å². The maximum atomic E-state index is 13.8. The van der Waals surface area contributed by atoms with Gasteiger partial charge in [-0.3, -0.25) is 20.2 Å². The van der Waals surface area contributed by atoms with Gasteiger partial charge in [0.2, 0.25) is 5.91 Å². The van der Waals surface area contributed by atoms with Crippen molar-refractivity contribution in [3.8, 4) is 0 Å². The molecule has 2 aliphatic heterocycles. The van der Waals surface area contributed by atoms with Crippen molar-refractivity contribution >= 4 is 35.4 Å². The van der Waals surface area contributed by atoms with Crippen LogP contribution in [0.2, 0.25) is 0 Å². The van der Waals surface area contributed by atoms with E-state index in [4.69, 9.17) is 9.84 Å². The highest BCUT2D eigenvalue weighted by Crippen LogP contribution is 2.42. The SMILES string of the molecule is O=C(O)Nc1ccc(C(=O)N[C@@H](Cc2ccccc2)C(=O)N2CCC3(C2)OC(=O)Nc2ccccc23)cc1. The predicted octanol–water partition coefficient (Wildman–Crippen LogP) is 3.81. The van der Waals surface area contributed by atoms with Crippen molar-refractivity contribution < 1.29 is 29.0 Å². The Labute approximate surface area is 218 Å². The smallest absolute Gasteiger partial charge is 0.412 e. The van der Waals surface area contributed by atoms with Crippen LogP contribution in [0, 0.1) is 0 Å². The van der Waals surface area contributed by atoms with Gasteiger partial charge < -0.3 is 20.1 Å². The first-order chi connectivity index (χ1) is 18.3. The molecule has 0 radical (unpaired) electrons. The van der Waals surface area contributed by atoms with Gasteiger partial charge in [0, 0.05) is 36.2 Å². The average Bonchev–Trinajstić information content (AvgIpc) is 3.32. The van der Waals surface area contributed by atoms with Crippen LogP contribution in [0.3, 0.4) is 0 Å². The Hall–Kier alpha value is -4.86. The highest BCUT2D eigenvalue weighted by atomic mass is 16.6. The molecule has 5 rings (SSSR count). The van der Waals surface area contributed by atoms with E-state index in [1.807, 2.05) is 48.5 Å². The summed E-state index contributed by atoms with van der Waals surface area (Å²) in [6.07, 6.45) is -1.06. The molecule has 38 heavy (non-hydrogen) atoms. The van der Waals surface area contributed by atoms with Gasteiger partial charge >= 0.3 is 12.2 Å². The normalized spacial score (nSPS) is 18.6. The second-order valence-electron chi connectivity index (χ2n) is 9.29. The van der Waals surface area contributed by atoms with Crippen LogP contribution < -0.4 is 16.0 Å². The van der Waals surface area contributed by atoms with Crippen LogP contribution >= 0.6 is 0 Å². The third-order valence-electron chi connectivity index (χ3n) is 6.77. The number of likely N-dealkylation sites (tertiary alicyclic amines) is 1. The number of carboxylic acid groups (broad SMARTS) is 1. The van der Waals surface area contributed by atoms with Crippen molar-refractivity contribution in [2.75, 3.05) is 23.7 Å². The molecule has 4 amide bonds. The number of benzene rings is 3. The van der Waals surface area contributed by atoms with Crippen molar-refractivity contribution in [3.63, 3.8) is 0 Å². The molecule has 0 aromatic heterocycles. The number of anilines is 2. The molecule has 2 heterocycles. The summed E-state index contributed by atoms with van der Waals surface area (Å²) in [7, 11) is 0. The molecule has 194 valence electrons. The molecule has 1 fully saturated rings. The number of nitrogens with zero attached hydrogens (tertiary/aromatic N) is 1. The molecule has 2 aliphatic rings. The highest BCUT2D eigenvalue weighted by Gasteiger charge is 2.49. The number of carbonyl (C=O) groups excluding carboxylic acids is 3. The van der Waals surface area contributed by atoms with E-state index in [0.29, 0.717) is 24.3 Å². The Morgan fingerprint density at radius 2 is 1.71 bits per heavy atom. The van der Waals surface area contributed by atoms with E-state index < -0.39 is 29.7 Å². The number of fused-ring (bicyclic) bond motifs is 2. The standard InChI is InChI=1S/C28H26N4O6/c33-24(19-10-12-20(13-11-19)29-26(35)36)30-23(16-18-6-2-1-3-7-18)25(34)32-15-14-28(17-32)21-8-4-5-9-22(21)31-27(37)38-28/h1-13,23,29H,14-17H2,(H,30,33)(H,31,37)(H,35,36)/t23-,28?/m0/s1. The molecule has 10 nitrogen and oxygen atoms in total. The number of carbonyl (C=O) groups is 4. The van der Waals surface area contributed by atoms with Gasteiger partial charge in [-0.25, -0.2) is 9.59 Å². The third-order valence-corrected chi connectivity index (χ3v) is 6.77. The van der Waals surface area contributed by atoms with Crippen LogP contribution in [0.5, 0.6) is 0 Å². The first-order valence-electron chi connectivity index (χ1n) is 12.2. The molecule has 3 aromatic carbocycles. The third kappa shape index (κ3) is 5.15. The fourth-order valence-corrected chi connectivity index (χ4v) is 4.97. The van der Waals surface area contributed by atoms with Gasteiger partial charge in [0.05, 0.1) is 12.2 Å². The van der Waals surface area contributed by atoms with E-state index in [9.17, 15) is 19.2 Å². The molecule has 1 spiro atoms. The Morgan fingerprint density at radius 1 is 1.00 bits per heavy atom. The molecular weight excluding hydrogens is 488 g/mol. The lowest BCUT2D eigenvalue weighted by atomic mass is 9.90. The summed E-state index contributed by atoms with van der Waals surface area (Å²) in [5, 5.41) is 16.7. The lowest BCUT2D eigenvalue weighted by molar-refractivity contribution is -0.133. The minimum absolute atomic E-state index is 0.174. The maximum Gasteiger partial charge on any atom is 0.412 e. The molecule has 0 saturated carbocycles. The fourth-order valence-electron chi connectivity index (χ4n) is 4.97.